The lowest BCUT2D eigenvalue weighted by Crippen LogP contribution is -2.27. The highest BCUT2D eigenvalue weighted by Gasteiger charge is 2.28. The molecule has 7 heteroatoms. The molecular formula is C24H23N3O4. The smallest absolute Gasteiger partial charge is 0.412 e. The Morgan fingerprint density at radius 1 is 1.00 bits per heavy atom. The molecule has 4 rings (SSSR count). The third kappa shape index (κ3) is 4.35. The van der Waals surface area contributed by atoms with Crippen molar-refractivity contribution in [2.45, 2.75) is 32.8 Å². The number of rotatable bonds is 2. The second kappa shape index (κ2) is 7.75. The third-order valence-corrected chi connectivity index (χ3v) is 4.74. The van der Waals surface area contributed by atoms with Gasteiger partial charge in [0.05, 0.1) is 11.4 Å². The molecule has 3 amide bonds. The fraction of sp³-hybridized carbons (Fsp3) is 0.208. The minimum Gasteiger partial charge on any atom is -0.444 e. The molecule has 31 heavy (non-hydrogen) atoms. The molecule has 2 N–H and O–H groups in total. The first-order valence-corrected chi connectivity index (χ1v) is 9.96. The molecule has 7 nitrogen and oxygen atoms in total. The molecule has 0 bridgehead atoms. The monoisotopic (exact) mass is 417 g/mol. The summed E-state index contributed by atoms with van der Waals surface area (Å²) in [5.74, 6) is -0.687. The molecule has 0 radical (unpaired) electrons. The van der Waals surface area contributed by atoms with Crippen LogP contribution in [0.4, 0.5) is 27.5 Å². The predicted molar refractivity (Wildman–Crippen MR) is 121 cm³/mol. The van der Waals surface area contributed by atoms with Gasteiger partial charge in [-0.3, -0.25) is 19.8 Å². The maximum absolute atomic E-state index is 12.9. The number of carbonyl (C=O) groups excluding carboxylic acids is 3. The van der Waals surface area contributed by atoms with E-state index in [1.807, 2.05) is 36.4 Å². The van der Waals surface area contributed by atoms with E-state index in [2.05, 4.69) is 10.6 Å². The van der Waals surface area contributed by atoms with E-state index in [0.29, 0.717) is 22.7 Å². The van der Waals surface area contributed by atoms with E-state index in [4.69, 9.17) is 4.74 Å². The number of hydrogen-bond donors (Lipinski definition) is 2. The lowest BCUT2D eigenvalue weighted by Gasteiger charge is -2.24. The second-order valence-corrected chi connectivity index (χ2v) is 8.31. The van der Waals surface area contributed by atoms with E-state index in [-0.39, 0.29) is 18.2 Å². The van der Waals surface area contributed by atoms with Crippen LogP contribution in [0.3, 0.4) is 0 Å². The molecule has 0 atom stereocenters. The van der Waals surface area contributed by atoms with Crippen molar-refractivity contribution in [1.29, 1.82) is 0 Å². The second-order valence-electron chi connectivity index (χ2n) is 8.31. The van der Waals surface area contributed by atoms with Crippen LogP contribution in [-0.2, 0) is 14.3 Å². The first-order valence-electron chi connectivity index (χ1n) is 9.96. The molecule has 0 aliphatic carbocycles. The zero-order valence-electron chi connectivity index (χ0n) is 17.6. The van der Waals surface area contributed by atoms with Crippen LogP contribution in [0.2, 0.25) is 0 Å². The number of benzene rings is 3. The maximum Gasteiger partial charge on any atom is 0.412 e. The molecule has 0 saturated heterocycles. The molecule has 0 unspecified atom stereocenters. The first kappa shape index (κ1) is 20.4. The van der Waals surface area contributed by atoms with E-state index >= 15 is 0 Å². The van der Waals surface area contributed by atoms with Gasteiger partial charge in [-0.1, -0.05) is 30.3 Å². The molecule has 1 aliphatic heterocycles. The summed E-state index contributed by atoms with van der Waals surface area (Å²) < 4.78 is 5.26. The van der Waals surface area contributed by atoms with Gasteiger partial charge < -0.3 is 10.1 Å². The van der Waals surface area contributed by atoms with Crippen LogP contribution in [0.25, 0.3) is 10.8 Å². The van der Waals surface area contributed by atoms with Crippen LogP contribution in [0.15, 0.2) is 60.7 Å². The lowest BCUT2D eigenvalue weighted by molar-refractivity contribution is -0.124. The molecule has 0 saturated carbocycles. The van der Waals surface area contributed by atoms with Crippen LogP contribution in [0.1, 0.15) is 27.2 Å². The Labute approximate surface area is 180 Å². The average Bonchev–Trinajstić information content (AvgIpc) is 2.82. The minimum atomic E-state index is -0.603. The highest BCUT2D eigenvalue weighted by molar-refractivity contribution is 6.21. The number of fused-ring (bicyclic) bond motifs is 3. The molecule has 158 valence electrons. The SMILES string of the molecule is CC(C)(C)OC(=O)Nc1ccc(N2C(=O)CC(=O)Nc3c2ccc2ccccc32)cc1. The highest BCUT2D eigenvalue weighted by atomic mass is 16.6. The Morgan fingerprint density at radius 2 is 1.71 bits per heavy atom. The van der Waals surface area contributed by atoms with Crippen LogP contribution < -0.4 is 15.5 Å². The molecule has 1 aliphatic rings. The van der Waals surface area contributed by atoms with Crippen molar-refractivity contribution in [2.24, 2.45) is 0 Å². The zero-order chi connectivity index (χ0) is 22.2. The van der Waals surface area contributed by atoms with Crippen molar-refractivity contribution in [1.82, 2.24) is 0 Å². The molecular weight excluding hydrogens is 394 g/mol. The van der Waals surface area contributed by atoms with Gasteiger partial charge in [-0.05, 0) is 56.5 Å². The van der Waals surface area contributed by atoms with Crippen LogP contribution in [-0.4, -0.2) is 23.5 Å². The standard InChI is InChI=1S/C24H23N3O4/c1-24(2,3)31-23(30)25-16-9-11-17(12-10-16)27-19-13-8-15-6-4-5-7-18(15)22(19)26-20(28)14-21(27)29/h4-13H,14H2,1-3H3,(H,25,30)(H,26,28). The number of anilines is 4. The van der Waals surface area contributed by atoms with Crippen molar-refractivity contribution in [3.05, 3.63) is 60.7 Å². The summed E-state index contributed by atoms with van der Waals surface area (Å²) >= 11 is 0. The van der Waals surface area contributed by atoms with Crippen molar-refractivity contribution >= 4 is 51.4 Å². The molecule has 0 fully saturated rings. The van der Waals surface area contributed by atoms with Crippen molar-refractivity contribution < 1.29 is 19.1 Å². The maximum atomic E-state index is 12.9. The Hall–Kier alpha value is -3.87. The van der Waals surface area contributed by atoms with Crippen molar-refractivity contribution in [3.63, 3.8) is 0 Å². The Bertz CT molecular complexity index is 1180. The van der Waals surface area contributed by atoms with Gasteiger partial charge >= 0.3 is 6.09 Å². The number of nitrogens with zero attached hydrogens (tertiary/aromatic N) is 1. The van der Waals surface area contributed by atoms with Crippen LogP contribution in [0.5, 0.6) is 0 Å². The summed E-state index contributed by atoms with van der Waals surface area (Å²) in [6.07, 6.45) is -0.821. The predicted octanol–water partition coefficient (Wildman–Crippen LogP) is 5.19. The van der Waals surface area contributed by atoms with Gasteiger partial charge in [-0.15, -0.1) is 0 Å². The number of carbonyl (C=O) groups is 3. The lowest BCUT2D eigenvalue weighted by atomic mass is 10.1. The number of hydrogen-bond acceptors (Lipinski definition) is 4. The summed E-state index contributed by atoms with van der Waals surface area (Å²) in [7, 11) is 0. The summed E-state index contributed by atoms with van der Waals surface area (Å²) in [5, 5.41) is 7.37. The Morgan fingerprint density at radius 3 is 2.42 bits per heavy atom. The largest absolute Gasteiger partial charge is 0.444 e. The van der Waals surface area contributed by atoms with Crippen molar-refractivity contribution in [3.8, 4) is 0 Å². The van der Waals surface area contributed by atoms with Crippen LogP contribution in [0, 0.1) is 0 Å². The summed E-state index contributed by atoms with van der Waals surface area (Å²) in [6.45, 7) is 5.37. The quantitative estimate of drug-likeness (QED) is 0.562. The highest BCUT2D eigenvalue weighted by Crippen LogP contribution is 2.40. The van der Waals surface area contributed by atoms with E-state index in [0.717, 1.165) is 10.8 Å². The molecule has 3 aromatic rings. The fourth-order valence-corrected chi connectivity index (χ4v) is 3.51. The first-order chi connectivity index (χ1) is 14.7. The normalized spacial score (nSPS) is 14.0. The van der Waals surface area contributed by atoms with E-state index in [1.54, 1.807) is 45.0 Å². The van der Waals surface area contributed by atoms with Gasteiger partial charge in [0.2, 0.25) is 11.8 Å². The number of ether oxygens (including phenoxy) is 1. The zero-order valence-corrected chi connectivity index (χ0v) is 17.6. The van der Waals surface area contributed by atoms with Gasteiger partial charge in [-0.25, -0.2) is 4.79 Å². The van der Waals surface area contributed by atoms with Gasteiger partial charge in [0.15, 0.2) is 0 Å². The van der Waals surface area contributed by atoms with Gasteiger partial charge in [0.25, 0.3) is 0 Å². The summed E-state index contributed by atoms with van der Waals surface area (Å²) in [6, 6.07) is 18.2. The molecule has 3 aromatic carbocycles. The van der Waals surface area contributed by atoms with E-state index in [1.165, 1.54) is 4.90 Å². The summed E-state index contributed by atoms with van der Waals surface area (Å²) in [5.41, 5.74) is 1.72. The average molecular weight is 417 g/mol. The number of nitrogens with one attached hydrogen (secondary N) is 2. The fourth-order valence-electron chi connectivity index (χ4n) is 3.51. The number of amides is 3. The Kier molecular flexibility index (Phi) is 5.10. The Balaban J connectivity index is 1.69. The summed E-state index contributed by atoms with van der Waals surface area (Å²) in [4.78, 5) is 38.8. The van der Waals surface area contributed by atoms with E-state index in [9.17, 15) is 14.4 Å². The van der Waals surface area contributed by atoms with E-state index < -0.39 is 11.7 Å². The minimum absolute atomic E-state index is 0.263. The molecule has 1 heterocycles. The molecule has 0 aromatic heterocycles. The van der Waals surface area contributed by atoms with Crippen molar-refractivity contribution in [2.75, 3.05) is 15.5 Å². The molecule has 0 spiro atoms. The van der Waals surface area contributed by atoms with Gasteiger partial charge in [0.1, 0.15) is 12.0 Å². The van der Waals surface area contributed by atoms with Crippen LogP contribution >= 0.6 is 0 Å². The van der Waals surface area contributed by atoms with Gasteiger partial charge in [-0.2, -0.15) is 0 Å². The topological polar surface area (TPSA) is 87.7 Å². The van der Waals surface area contributed by atoms with Gasteiger partial charge in [0, 0.05) is 16.8 Å². The third-order valence-electron chi connectivity index (χ3n) is 4.74.